The van der Waals surface area contributed by atoms with Crippen LogP contribution in [0.3, 0.4) is 0 Å². The van der Waals surface area contributed by atoms with Gasteiger partial charge in [-0.2, -0.15) is 0 Å². The van der Waals surface area contributed by atoms with Gasteiger partial charge >= 0.3 is 5.97 Å². The molecule has 1 N–H and O–H groups in total. The Hall–Kier alpha value is -3.62. The molecule has 6 nitrogen and oxygen atoms in total. The Kier molecular flexibility index (Phi) is 7.84. The number of rotatable bonds is 9. The molecule has 0 amide bonds. The van der Waals surface area contributed by atoms with Crippen LogP contribution in [0.5, 0.6) is 5.75 Å². The molecule has 0 radical (unpaired) electrons. The topological polar surface area (TPSA) is 77.2 Å². The molecule has 4 rings (SSSR count). The molecule has 0 saturated carbocycles. The van der Waals surface area contributed by atoms with Crippen molar-refractivity contribution >= 4 is 35.4 Å². The summed E-state index contributed by atoms with van der Waals surface area (Å²) >= 11 is 7.02. The minimum absolute atomic E-state index is 0.106. The fourth-order valence-corrected chi connectivity index (χ4v) is 4.27. The molecular formula is C26H21ClFN3O3S. The Balaban J connectivity index is 1.49. The number of carboxylic acid groups (broad SMARTS) is 1. The molecule has 0 fully saturated rings. The van der Waals surface area contributed by atoms with Gasteiger partial charge in [-0.25, -0.2) is 9.18 Å². The van der Waals surface area contributed by atoms with Crippen LogP contribution in [-0.2, 0) is 17.9 Å². The van der Waals surface area contributed by atoms with Gasteiger partial charge < -0.3 is 14.4 Å². The van der Waals surface area contributed by atoms with Crippen molar-refractivity contribution in [3.8, 4) is 17.1 Å². The van der Waals surface area contributed by atoms with Crippen molar-refractivity contribution in [3.63, 3.8) is 0 Å². The second-order valence-corrected chi connectivity index (χ2v) is 8.90. The number of hydrogen-bond acceptors (Lipinski definition) is 5. The number of hydrogen-bond donors (Lipinski definition) is 1. The molecule has 0 bridgehead atoms. The van der Waals surface area contributed by atoms with E-state index in [0.29, 0.717) is 40.5 Å². The van der Waals surface area contributed by atoms with Crippen molar-refractivity contribution in [1.29, 1.82) is 0 Å². The SMILES string of the molecule is CCn1c(S/C(=C\c2ccc(OCc3ccc(F)cc3)cc2)C(=O)O)nnc1-c1ccc(Cl)cc1. The van der Waals surface area contributed by atoms with Gasteiger partial charge in [0, 0.05) is 17.1 Å². The van der Waals surface area contributed by atoms with Crippen LogP contribution in [0.25, 0.3) is 17.5 Å². The highest BCUT2D eigenvalue weighted by Crippen LogP contribution is 2.31. The molecular weight excluding hydrogens is 489 g/mol. The van der Waals surface area contributed by atoms with Crippen LogP contribution in [-0.4, -0.2) is 25.8 Å². The highest BCUT2D eigenvalue weighted by molar-refractivity contribution is 8.04. The van der Waals surface area contributed by atoms with E-state index in [0.717, 1.165) is 22.9 Å². The number of ether oxygens (including phenoxy) is 1. The Bertz CT molecular complexity index is 1340. The average molecular weight is 510 g/mol. The summed E-state index contributed by atoms with van der Waals surface area (Å²) in [5.41, 5.74) is 2.38. The van der Waals surface area contributed by atoms with Gasteiger partial charge in [-0.15, -0.1) is 10.2 Å². The van der Waals surface area contributed by atoms with E-state index < -0.39 is 5.97 Å². The Morgan fingerprint density at radius 3 is 2.37 bits per heavy atom. The summed E-state index contributed by atoms with van der Waals surface area (Å²) < 4.78 is 20.6. The summed E-state index contributed by atoms with van der Waals surface area (Å²) in [7, 11) is 0. The second-order valence-electron chi connectivity index (χ2n) is 7.46. The zero-order valence-electron chi connectivity index (χ0n) is 18.7. The third-order valence-electron chi connectivity index (χ3n) is 5.04. The lowest BCUT2D eigenvalue weighted by molar-refractivity contribution is -0.131. The molecule has 0 aliphatic rings. The van der Waals surface area contributed by atoms with Gasteiger partial charge in [0.15, 0.2) is 11.0 Å². The number of carboxylic acids is 1. The molecule has 0 unspecified atom stereocenters. The fourth-order valence-electron chi connectivity index (χ4n) is 3.25. The number of aliphatic carboxylic acids is 1. The van der Waals surface area contributed by atoms with Crippen LogP contribution in [0.15, 0.2) is 82.9 Å². The van der Waals surface area contributed by atoms with Crippen molar-refractivity contribution in [3.05, 3.63) is 99.7 Å². The van der Waals surface area contributed by atoms with Gasteiger partial charge in [0.05, 0.1) is 0 Å². The van der Waals surface area contributed by atoms with Gasteiger partial charge in [-0.05, 0) is 84.4 Å². The second kappa shape index (κ2) is 11.2. The third kappa shape index (κ3) is 6.29. The molecule has 0 spiro atoms. The molecule has 1 aromatic heterocycles. The first-order valence-electron chi connectivity index (χ1n) is 10.7. The first-order valence-corrected chi connectivity index (χ1v) is 11.9. The number of carbonyl (C=O) groups is 1. The maximum atomic E-state index is 13.0. The van der Waals surface area contributed by atoms with Crippen molar-refractivity contribution < 1.29 is 19.0 Å². The van der Waals surface area contributed by atoms with Crippen LogP contribution in [0.2, 0.25) is 5.02 Å². The summed E-state index contributed by atoms with van der Waals surface area (Å²) in [5, 5.41) is 19.4. The maximum absolute atomic E-state index is 13.0. The maximum Gasteiger partial charge on any atom is 0.342 e. The first-order chi connectivity index (χ1) is 16.9. The molecule has 4 aromatic rings. The molecule has 0 atom stereocenters. The largest absolute Gasteiger partial charge is 0.489 e. The minimum Gasteiger partial charge on any atom is -0.489 e. The number of nitrogens with zero attached hydrogens (tertiary/aromatic N) is 3. The van der Waals surface area contributed by atoms with Gasteiger partial charge in [0.2, 0.25) is 0 Å². The molecule has 178 valence electrons. The smallest absolute Gasteiger partial charge is 0.342 e. The van der Waals surface area contributed by atoms with E-state index in [1.807, 2.05) is 23.6 Å². The van der Waals surface area contributed by atoms with E-state index in [1.54, 1.807) is 54.6 Å². The lowest BCUT2D eigenvalue weighted by Gasteiger charge is -2.08. The van der Waals surface area contributed by atoms with E-state index in [-0.39, 0.29) is 10.7 Å². The number of benzene rings is 3. The van der Waals surface area contributed by atoms with Crippen LogP contribution < -0.4 is 4.74 Å². The predicted molar refractivity (Wildman–Crippen MR) is 135 cm³/mol. The van der Waals surface area contributed by atoms with Crippen molar-refractivity contribution in [2.45, 2.75) is 25.2 Å². The van der Waals surface area contributed by atoms with Crippen molar-refractivity contribution in [2.24, 2.45) is 0 Å². The standard InChI is InChI=1S/C26H21ClFN3O3S/c1-2-31-24(19-7-9-20(27)10-8-19)29-30-26(31)35-23(25(32)33)15-17-5-13-22(14-6-17)34-16-18-3-11-21(28)12-4-18/h3-15H,2,16H2,1H3,(H,32,33)/b23-15-. The summed E-state index contributed by atoms with van der Waals surface area (Å²) in [4.78, 5) is 12.1. The Labute approximate surface area is 211 Å². The molecule has 35 heavy (non-hydrogen) atoms. The van der Waals surface area contributed by atoms with E-state index >= 15 is 0 Å². The summed E-state index contributed by atoms with van der Waals surface area (Å²) in [5.74, 6) is -0.103. The van der Waals surface area contributed by atoms with E-state index in [1.165, 1.54) is 12.1 Å². The van der Waals surface area contributed by atoms with Crippen molar-refractivity contribution in [1.82, 2.24) is 14.8 Å². The molecule has 0 aliphatic carbocycles. The van der Waals surface area contributed by atoms with E-state index in [4.69, 9.17) is 16.3 Å². The van der Waals surface area contributed by atoms with Crippen LogP contribution in [0.1, 0.15) is 18.1 Å². The fraction of sp³-hybridized carbons (Fsp3) is 0.115. The van der Waals surface area contributed by atoms with Gasteiger partial charge in [-0.3, -0.25) is 0 Å². The number of thioether (sulfide) groups is 1. The highest BCUT2D eigenvalue weighted by atomic mass is 35.5. The lowest BCUT2D eigenvalue weighted by atomic mass is 10.2. The van der Waals surface area contributed by atoms with Crippen molar-refractivity contribution in [2.75, 3.05) is 0 Å². The average Bonchev–Trinajstić information content (AvgIpc) is 3.27. The normalized spacial score (nSPS) is 11.5. The van der Waals surface area contributed by atoms with Crippen LogP contribution >= 0.6 is 23.4 Å². The molecule has 0 saturated heterocycles. The highest BCUT2D eigenvalue weighted by Gasteiger charge is 2.18. The Morgan fingerprint density at radius 1 is 1.06 bits per heavy atom. The lowest BCUT2D eigenvalue weighted by Crippen LogP contribution is -2.02. The molecule has 3 aromatic carbocycles. The monoisotopic (exact) mass is 509 g/mol. The van der Waals surface area contributed by atoms with Crippen LogP contribution in [0.4, 0.5) is 4.39 Å². The van der Waals surface area contributed by atoms with Gasteiger partial charge in [0.1, 0.15) is 23.1 Å². The van der Waals surface area contributed by atoms with E-state index in [9.17, 15) is 14.3 Å². The third-order valence-corrected chi connectivity index (χ3v) is 6.29. The van der Waals surface area contributed by atoms with E-state index in [2.05, 4.69) is 10.2 Å². The summed E-state index contributed by atoms with van der Waals surface area (Å²) in [6.45, 7) is 2.82. The predicted octanol–water partition coefficient (Wildman–Crippen LogP) is 6.55. The van der Waals surface area contributed by atoms with Gasteiger partial charge in [0.25, 0.3) is 0 Å². The summed E-state index contributed by atoms with van der Waals surface area (Å²) in [6.07, 6.45) is 1.58. The zero-order chi connectivity index (χ0) is 24.8. The number of halogens is 2. The van der Waals surface area contributed by atoms with Gasteiger partial charge in [-0.1, -0.05) is 35.9 Å². The molecule has 1 heterocycles. The number of aromatic nitrogens is 3. The molecule has 9 heteroatoms. The molecule has 0 aliphatic heterocycles. The Morgan fingerprint density at radius 2 is 1.74 bits per heavy atom. The zero-order valence-corrected chi connectivity index (χ0v) is 20.3. The quantitative estimate of drug-likeness (QED) is 0.203. The minimum atomic E-state index is -1.06. The summed E-state index contributed by atoms with van der Waals surface area (Å²) in [6, 6.07) is 20.4. The van der Waals surface area contributed by atoms with Crippen LogP contribution in [0, 0.1) is 5.82 Å². The first kappa shape index (κ1) is 24.5.